The molecule has 6 heavy (non-hydrogen) atoms. The molecule has 0 unspecified atom stereocenters. The zero-order valence-electron chi connectivity index (χ0n) is 4.44. The maximum atomic E-state index is 3.56. The van der Waals surface area contributed by atoms with E-state index in [0.29, 0.717) is 5.92 Å². The van der Waals surface area contributed by atoms with Crippen LogP contribution >= 0.6 is 0 Å². The standard InChI is InChI=1S/C5H10.B/c1-4-5(2)3;/h4-5H,1H2,2-3H3;. The molecule has 3 radical (unpaired) electrons. The Labute approximate surface area is 41.8 Å². The molecule has 1 heteroatoms. The first kappa shape index (κ1) is 9.26. The van der Waals surface area contributed by atoms with Gasteiger partial charge >= 0.3 is 0 Å². The third kappa shape index (κ3) is 9.19. The monoisotopic (exact) mass is 81.1 g/mol. The molecule has 0 aromatic heterocycles. The van der Waals surface area contributed by atoms with Gasteiger partial charge in [0.2, 0.25) is 0 Å². The quantitative estimate of drug-likeness (QED) is 0.331. The third-order valence-corrected chi connectivity index (χ3v) is 0.471. The van der Waals surface area contributed by atoms with Crippen molar-refractivity contribution in [3.8, 4) is 0 Å². The van der Waals surface area contributed by atoms with Crippen molar-refractivity contribution < 1.29 is 0 Å². The summed E-state index contributed by atoms with van der Waals surface area (Å²) in [6.45, 7) is 7.77. The van der Waals surface area contributed by atoms with Gasteiger partial charge in [0.15, 0.2) is 0 Å². The topological polar surface area (TPSA) is 0 Å². The Hall–Kier alpha value is -0.195. The molecule has 0 saturated heterocycles. The molecule has 0 aliphatic carbocycles. The van der Waals surface area contributed by atoms with Crippen molar-refractivity contribution in [2.75, 3.05) is 0 Å². The van der Waals surface area contributed by atoms with Crippen LogP contribution in [0.4, 0.5) is 0 Å². The van der Waals surface area contributed by atoms with Gasteiger partial charge in [0.1, 0.15) is 0 Å². The van der Waals surface area contributed by atoms with E-state index in [1.54, 1.807) is 0 Å². The summed E-state index contributed by atoms with van der Waals surface area (Å²) in [4.78, 5) is 0. The molecule has 0 aliphatic rings. The Bertz CT molecular complexity index is 30.9. The highest BCUT2D eigenvalue weighted by atomic mass is 13.8. The fraction of sp³-hybridized carbons (Fsp3) is 0.600. The highest BCUT2D eigenvalue weighted by Gasteiger charge is 1.73. The fourth-order valence-corrected chi connectivity index (χ4v) is 0. The van der Waals surface area contributed by atoms with Gasteiger partial charge in [-0.2, -0.15) is 0 Å². The van der Waals surface area contributed by atoms with Crippen LogP contribution in [0.15, 0.2) is 12.7 Å². The second-order valence-corrected chi connectivity index (χ2v) is 1.48. The molecule has 0 saturated carbocycles. The minimum absolute atomic E-state index is 0. The molecule has 0 nitrogen and oxygen atoms in total. The van der Waals surface area contributed by atoms with Gasteiger partial charge in [0.05, 0.1) is 0 Å². The largest absolute Gasteiger partial charge is 0.103 e. The summed E-state index contributed by atoms with van der Waals surface area (Å²) in [6.07, 6.45) is 1.92. The molecule has 0 rings (SSSR count). The van der Waals surface area contributed by atoms with Crippen LogP contribution < -0.4 is 0 Å². The normalized spacial score (nSPS) is 7.17. The lowest BCUT2D eigenvalue weighted by atomic mass is 10.2. The highest BCUT2D eigenvalue weighted by Crippen LogP contribution is 1.87. The summed E-state index contributed by atoms with van der Waals surface area (Å²) < 4.78 is 0. The minimum atomic E-state index is 0. The number of allylic oxidation sites excluding steroid dienone is 1. The van der Waals surface area contributed by atoms with Gasteiger partial charge in [-0.3, -0.25) is 0 Å². The third-order valence-electron chi connectivity index (χ3n) is 0.471. The van der Waals surface area contributed by atoms with Crippen molar-refractivity contribution in [3.05, 3.63) is 12.7 Å². The van der Waals surface area contributed by atoms with Crippen LogP contribution in [0.5, 0.6) is 0 Å². The van der Waals surface area contributed by atoms with Crippen molar-refractivity contribution in [2.45, 2.75) is 13.8 Å². The first-order valence-electron chi connectivity index (χ1n) is 1.90. The van der Waals surface area contributed by atoms with E-state index in [2.05, 4.69) is 20.4 Å². The lowest BCUT2D eigenvalue weighted by Crippen LogP contribution is -1.71. The van der Waals surface area contributed by atoms with Gasteiger partial charge < -0.3 is 0 Å². The van der Waals surface area contributed by atoms with Crippen LogP contribution in [0.2, 0.25) is 0 Å². The number of rotatable bonds is 1. The van der Waals surface area contributed by atoms with Gasteiger partial charge in [-0.25, -0.2) is 0 Å². The average molecular weight is 80.9 g/mol. The second-order valence-electron chi connectivity index (χ2n) is 1.48. The lowest BCUT2D eigenvalue weighted by molar-refractivity contribution is 0.835. The van der Waals surface area contributed by atoms with Gasteiger partial charge in [0.25, 0.3) is 0 Å². The summed E-state index contributed by atoms with van der Waals surface area (Å²) >= 11 is 0. The van der Waals surface area contributed by atoms with Crippen LogP contribution in [-0.2, 0) is 0 Å². The van der Waals surface area contributed by atoms with Crippen molar-refractivity contribution in [1.29, 1.82) is 0 Å². The highest BCUT2D eigenvalue weighted by molar-refractivity contribution is 5.75. The van der Waals surface area contributed by atoms with E-state index in [0.717, 1.165) is 0 Å². The smallest absolute Gasteiger partial charge is 0 e. The van der Waals surface area contributed by atoms with E-state index >= 15 is 0 Å². The predicted octanol–water partition coefficient (Wildman–Crippen LogP) is 1.45. The zero-order valence-corrected chi connectivity index (χ0v) is 4.44. The predicted molar refractivity (Wildman–Crippen MR) is 30.8 cm³/mol. The van der Waals surface area contributed by atoms with Crippen LogP contribution in [0.25, 0.3) is 0 Å². The summed E-state index contributed by atoms with van der Waals surface area (Å²) in [5.41, 5.74) is 0. The Balaban J connectivity index is 0. The maximum absolute atomic E-state index is 3.56. The SMILES string of the molecule is C=CC(C)C.[B]. The number of hydrogen-bond donors (Lipinski definition) is 0. The Kier molecular flexibility index (Phi) is 7.41. The minimum Gasteiger partial charge on any atom is -0.103 e. The Morgan fingerprint density at radius 2 is 1.67 bits per heavy atom. The van der Waals surface area contributed by atoms with Gasteiger partial charge in [-0.05, 0) is 5.92 Å². The van der Waals surface area contributed by atoms with Crippen molar-refractivity contribution in [1.82, 2.24) is 0 Å². The summed E-state index contributed by atoms with van der Waals surface area (Å²) in [7, 11) is 0. The van der Waals surface area contributed by atoms with Crippen molar-refractivity contribution >= 4 is 8.41 Å². The van der Waals surface area contributed by atoms with Crippen LogP contribution in [0.3, 0.4) is 0 Å². The molecule has 0 fully saturated rings. The van der Waals surface area contributed by atoms with Crippen LogP contribution in [0.1, 0.15) is 13.8 Å². The van der Waals surface area contributed by atoms with E-state index in [1.807, 2.05) is 6.08 Å². The summed E-state index contributed by atoms with van der Waals surface area (Å²) in [5, 5.41) is 0. The molecule has 0 aromatic carbocycles. The van der Waals surface area contributed by atoms with Gasteiger partial charge in [-0.1, -0.05) is 19.9 Å². The molecular weight excluding hydrogens is 70.9 g/mol. The molecule has 0 bridgehead atoms. The molecule has 0 aliphatic heterocycles. The van der Waals surface area contributed by atoms with E-state index in [9.17, 15) is 0 Å². The molecule has 0 N–H and O–H groups in total. The van der Waals surface area contributed by atoms with Crippen molar-refractivity contribution in [3.63, 3.8) is 0 Å². The van der Waals surface area contributed by atoms with Crippen LogP contribution in [0, 0.1) is 5.92 Å². The molecule has 0 atom stereocenters. The molecule has 33 valence electrons. The first-order valence-corrected chi connectivity index (χ1v) is 1.90. The molecule has 0 spiro atoms. The molecule has 0 aromatic rings. The average Bonchev–Trinajstić information content (AvgIpc) is 1.38. The van der Waals surface area contributed by atoms with Crippen LogP contribution in [-0.4, -0.2) is 8.41 Å². The second kappa shape index (κ2) is 4.80. The summed E-state index contributed by atoms with van der Waals surface area (Å²) in [5.74, 6) is 0.648. The number of hydrogen-bond acceptors (Lipinski definition) is 0. The van der Waals surface area contributed by atoms with E-state index < -0.39 is 0 Å². The van der Waals surface area contributed by atoms with E-state index in [4.69, 9.17) is 0 Å². The fourth-order valence-electron chi connectivity index (χ4n) is 0. The Morgan fingerprint density at radius 3 is 1.67 bits per heavy atom. The molecular formula is C5H10B. The Morgan fingerprint density at radius 1 is 1.50 bits per heavy atom. The molecule has 0 heterocycles. The molecule has 0 amide bonds. The van der Waals surface area contributed by atoms with Gasteiger partial charge in [0, 0.05) is 8.41 Å². The van der Waals surface area contributed by atoms with E-state index in [1.165, 1.54) is 0 Å². The zero-order chi connectivity index (χ0) is 4.28. The van der Waals surface area contributed by atoms with Crippen molar-refractivity contribution in [2.24, 2.45) is 5.92 Å². The summed E-state index contributed by atoms with van der Waals surface area (Å²) in [6, 6.07) is 0. The first-order chi connectivity index (χ1) is 2.27. The lowest BCUT2D eigenvalue weighted by Gasteiger charge is -1.84. The van der Waals surface area contributed by atoms with Gasteiger partial charge in [-0.15, -0.1) is 6.58 Å². The van der Waals surface area contributed by atoms with E-state index in [-0.39, 0.29) is 8.41 Å². The maximum Gasteiger partial charge on any atom is 0 e.